The molecule has 0 aromatic heterocycles. The van der Waals surface area contributed by atoms with Gasteiger partial charge in [0.25, 0.3) is 5.79 Å². The molecular formula is C13H25NO7. The molecule has 4 atom stereocenters. The van der Waals surface area contributed by atoms with Gasteiger partial charge in [0.1, 0.15) is 6.10 Å². The monoisotopic (exact) mass is 307 g/mol. The normalized spacial score (nSPS) is 33.0. The standard InChI is InChI=1S/C13H25NO7/c14-5-2-1-3-7-20-13(12(18)19)8-9(16)11(17)10(21-13)4-6-15/h9-11,15-17H,1-8,14H2,(H,18,19)/t9-,10?,11-,13-/m1/s1. The average molecular weight is 307 g/mol. The van der Waals surface area contributed by atoms with Crippen LogP contribution in [0.3, 0.4) is 0 Å². The molecule has 0 spiro atoms. The van der Waals surface area contributed by atoms with Gasteiger partial charge in [0.15, 0.2) is 0 Å². The molecule has 0 aromatic carbocycles. The summed E-state index contributed by atoms with van der Waals surface area (Å²) in [4.78, 5) is 11.5. The number of aliphatic hydroxyl groups excluding tert-OH is 3. The Bertz CT molecular complexity index is 328. The lowest BCUT2D eigenvalue weighted by Crippen LogP contribution is -2.59. The van der Waals surface area contributed by atoms with Crippen LogP contribution in [0.15, 0.2) is 0 Å². The highest BCUT2D eigenvalue weighted by atomic mass is 16.7. The van der Waals surface area contributed by atoms with Crippen molar-refractivity contribution >= 4 is 5.97 Å². The first-order valence-electron chi connectivity index (χ1n) is 7.19. The molecule has 8 nitrogen and oxygen atoms in total. The number of carboxylic acid groups (broad SMARTS) is 1. The molecular weight excluding hydrogens is 282 g/mol. The number of hydrogen-bond donors (Lipinski definition) is 5. The molecule has 21 heavy (non-hydrogen) atoms. The van der Waals surface area contributed by atoms with Crippen LogP contribution in [0.1, 0.15) is 32.1 Å². The van der Waals surface area contributed by atoms with Gasteiger partial charge in [0, 0.05) is 13.0 Å². The topological polar surface area (TPSA) is 142 Å². The average Bonchev–Trinajstić information content (AvgIpc) is 2.44. The Hall–Kier alpha value is -0.770. The van der Waals surface area contributed by atoms with Crippen LogP contribution in [-0.2, 0) is 14.3 Å². The minimum Gasteiger partial charge on any atom is -0.477 e. The molecule has 0 amide bonds. The summed E-state index contributed by atoms with van der Waals surface area (Å²) < 4.78 is 10.7. The van der Waals surface area contributed by atoms with Crippen LogP contribution in [0.5, 0.6) is 0 Å². The van der Waals surface area contributed by atoms with E-state index in [9.17, 15) is 20.1 Å². The summed E-state index contributed by atoms with van der Waals surface area (Å²) in [6.45, 7) is 0.422. The molecule has 0 aromatic rings. The smallest absolute Gasteiger partial charge is 0.364 e. The van der Waals surface area contributed by atoms with E-state index < -0.39 is 30.1 Å². The number of nitrogens with two attached hydrogens (primary N) is 1. The molecule has 1 aliphatic rings. The fraction of sp³-hybridized carbons (Fsp3) is 0.923. The summed E-state index contributed by atoms with van der Waals surface area (Å²) in [6, 6.07) is 0. The van der Waals surface area contributed by atoms with Crippen LogP contribution in [0.4, 0.5) is 0 Å². The van der Waals surface area contributed by atoms with Gasteiger partial charge in [-0.05, 0) is 32.2 Å². The van der Waals surface area contributed by atoms with Crippen LogP contribution in [-0.4, -0.2) is 70.3 Å². The highest BCUT2D eigenvalue weighted by molar-refractivity contribution is 5.76. The zero-order chi connectivity index (χ0) is 15.9. The lowest BCUT2D eigenvalue weighted by Gasteiger charge is -2.42. The zero-order valence-electron chi connectivity index (χ0n) is 12.0. The fourth-order valence-corrected chi connectivity index (χ4v) is 2.32. The lowest BCUT2D eigenvalue weighted by atomic mass is 9.94. The number of aliphatic hydroxyl groups is 3. The van der Waals surface area contributed by atoms with Crippen LogP contribution < -0.4 is 5.73 Å². The Morgan fingerprint density at radius 2 is 2.05 bits per heavy atom. The van der Waals surface area contributed by atoms with Crippen molar-refractivity contribution in [2.75, 3.05) is 19.8 Å². The van der Waals surface area contributed by atoms with E-state index in [1.807, 2.05) is 0 Å². The van der Waals surface area contributed by atoms with Gasteiger partial charge in [-0.25, -0.2) is 4.79 Å². The Kier molecular flexibility index (Phi) is 7.50. The molecule has 1 heterocycles. The van der Waals surface area contributed by atoms with E-state index in [0.717, 1.165) is 12.8 Å². The predicted octanol–water partition coefficient (Wildman–Crippen LogP) is -1.19. The van der Waals surface area contributed by atoms with E-state index in [1.54, 1.807) is 0 Å². The maximum absolute atomic E-state index is 11.5. The molecule has 1 saturated heterocycles. The van der Waals surface area contributed by atoms with Gasteiger partial charge in [-0.1, -0.05) is 0 Å². The first-order valence-corrected chi connectivity index (χ1v) is 7.19. The van der Waals surface area contributed by atoms with Gasteiger partial charge < -0.3 is 35.6 Å². The number of carboxylic acids is 1. The highest BCUT2D eigenvalue weighted by Crippen LogP contribution is 2.32. The molecule has 1 fully saturated rings. The highest BCUT2D eigenvalue weighted by Gasteiger charge is 2.52. The van der Waals surface area contributed by atoms with Crippen molar-refractivity contribution in [3.8, 4) is 0 Å². The molecule has 1 aliphatic heterocycles. The first-order chi connectivity index (χ1) is 9.96. The fourth-order valence-electron chi connectivity index (χ4n) is 2.32. The molecule has 0 aliphatic carbocycles. The third-order valence-electron chi connectivity index (χ3n) is 3.52. The van der Waals surface area contributed by atoms with Crippen LogP contribution in [0, 0.1) is 0 Å². The zero-order valence-corrected chi connectivity index (χ0v) is 12.0. The van der Waals surface area contributed by atoms with Crippen LogP contribution in [0.2, 0.25) is 0 Å². The Balaban J connectivity index is 2.67. The number of carbonyl (C=O) groups is 1. The van der Waals surface area contributed by atoms with E-state index in [4.69, 9.17) is 20.3 Å². The minimum absolute atomic E-state index is 0.0176. The second-order valence-electron chi connectivity index (χ2n) is 5.19. The third-order valence-corrected chi connectivity index (χ3v) is 3.52. The summed E-state index contributed by atoms with van der Waals surface area (Å²) in [5, 5.41) is 37.9. The first kappa shape index (κ1) is 18.3. The minimum atomic E-state index is -1.98. The van der Waals surface area contributed by atoms with Crippen molar-refractivity contribution in [2.45, 2.75) is 56.2 Å². The second-order valence-corrected chi connectivity index (χ2v) is 5.19. The molecule has 1 unspecified atom stereocenters. The summed E-state index contributed by atoms with van der Waals surface area (Å²) in [5.41, 5.74) is 5.37. The molecule has 0 bridgehead atoms. The van der Waals surface area contributed by atoms with Crippen LogP contribution in [0.25, 0.3) is 0 Å². The third kappa shape index (κ3) is 4.87. The Morgan fingerprint density at radius 3 is 2.62 bits per heavy atom. The van der Waals surface area contributed by atoms with E-state index in [2.05, 4.69) is 0 Å². The van der Waals surface area contributed by atoms with Gasteiger partial charge in [0.05, 0.1) is 18.8 Å². The molecule has 124 valence electrons. The largest absolute Gasteiger partial charge is 0.477 e. The molecule has 6 N–H and O–H groups in total. The number of rotatable bonds is 9. The number of ether oxygens (including phenoxy) is 2. The van der Waals surface area contributed by atoms with Gasteiger partial charge in [-0.2, -0.15) is 0 Å². The number of hydrogen-bond acceptors (Lipinski definition) is 7. The van der Waals surface area contributed by atoms with Crippen molar-refractivity contribution in [2.24, 2.45) is 5.73 Å². The van der Waals surface area contributed by atoms with E-state index in [-0.39, 0.29) is 26.1 Å². The van der Waals surface area contributed by atoms with E-state index in [0.29, 0.717) is 13.0 Å². The SMILES string of the molecule is NCCCCCO[C@]1(C(=O)O)C[C@@H](O)[C@@H](O)C(CCO)O1. The predicted molar refractivity (Wildman–Crippen MR) is 72.4 cm³/mol. The number of unbranched alkanes of at least 4 members (excludes halogenated alkanes) is 2. The van der Waals surface area contributed by atoms with Crippen molar-refractivity contribution in [3.05, 3.63) is 0 Å². The van der Waals surface area contributed by atoms with Gasteiger partial charge in [-0.15, -0.1) is 0 Å². The summed E-state index contributed by atoms with van der Waals surface area (Å²) in [7, 11) is 0. The summed E-state index contributed by atoms with van der Waals surface area (Å²) in [5.74, 6) is -3.34. The molecule has 0 radical (unpaired) electrons. The molecule has 8 heteroatoms. The van der Waals surface area contributed by atoms with Gasteiger partial charge in [-0.3, -0.25) is 0 Å². The van der Waals surface area contributed by atoms with Crippen molar-refractivity contribution in [1.29, 1.82) is 0 Å². The van der Waals surface area contributed by atoms with Crippen molar-refractivity contribution in [3.63, 3.8) is 0 Å². The van der Waals surface area contributed by atoms with E-state index >= 15 is 0 Å². The van der Waals surface area contributed by atoms with Gasteiger partial charge >= 0.3 is 5.97 Å². The molecule has 1 rings (SSSR count). The lowest BCUT2D eigenvalue weighted by molar-refractivity contribution is -0.312. The van der Waals surface area contributed by atoms with Crippen LogP contribution >= 0.6 is 0 Å². The van der Waals surface area contributed by atoms with Crippen molar-refractivity contribution in [1.82, 2.24) is 0 Å². The quantitative estimate of drug-likeness (QED) is 0.334. The summed E-state index contributed by atoms with van der Waals surface area (Å²) >= 11 is 0. The molecule has 0 saturated carbocycles. The Morgan fingerprint density at radius 1 is 1.33 bits per heavy atom. The van der Waals surface area contributed by atoms with E-state index in [1.165, 1.54) is 0 Å². The maximum Gasteiger partial charge on any atom is 0.364 e. The maximum atomic E-state index is 11.5. The number of aliphatic carboxylic acids is 1. The van der Waals surface area contributed by atoms with Crippen molar-refractivity contribution < 1.29 is 34.7 Å². The second kappa shape index (κ2) is 8.62. The Labute approximate surface area is 123 Å². The summed E-state index contributed by atoms with van der Waals surface area (Å²) in [6.07, 6.45) is -1.61. The van der Waals surface area contributed by atoms with Gasteiger partial charge in [0.2, 0.25) is 0 Å².